The van der Waals surface area contributed by atoms with Gasteiger partial charge in [0.25, 0.3) is 0 Å². The average molecular weight is 354 g/mol. The first-order valence-corrected chi connectivity index (χ1v) is 9.85. The summed E-state index contributed by atoms with van der Waals surface area (Å²) in [5.74, 6) is 0.550. The van der Waals surface area contributed by atoms with E-state index in [1.807, 2.05) is 24.3 Å². The van der Waals surface area contributed by atoms with Gasteiger partial charge in [-0.1, -0.05) is 12.1 Å². The predicted octanol–water partition coefficient (Wildman–Crippen LogP) is 1.79. The van der Waals surface area contributed by atoms with E-state index in [1.54, 1.807) is 11.8 Å². The molecule has 1 fully saturated rings. The first-order valence-electron chi connectivity index (χ1n) is 7.23. The lowest BCUT2D eigenvalue weighted by atomic mass is 10.2. The van der Waals surface area contributed by atoms with Crippen LogP contribution in [0.1, 0.15) is 6.92 Å². The normalized spacial score (nSPS) is 19.9. The molecule has 0 radical (unpaired) electrons. The number of sulfonamides is 1. The summed E-state index contributed by atoms with van der Waals surface area (Å²) < 4.78 is 30.1. The minimum absolute atomic E-state index is 0.239. The number of rotatable bonds is 2. The van der Waals surface area contributed by atoms with Crippen molar-refractivity contribution in [1.29, 1.82) is 0 Å². The number of benzene rings is 1. The van der Waals surface area contributed by atoms with E-state index in [0.29, 0.717) is 25.5 Å². The molecule has 0 saturated carbocycles. The molecule has 0 spiro atoms. The maximum absolute atomic E-state index is 12.4. The number of hydrogen-bond acceptors (Lipinski definition) is 5. The second kappa shape index (κ2) is 6.06. The van der Waals surface area contributed by atoms with Gasteiger partial charge in [0.1, 0.15) is 0 Å². The Kier molecular flexibility index (Phi) is 4.26. The molecule has 1 aliphatic heterocycles. The Hall–Kier alpha value is -1.71. The van der Waals surface area contributed by atoms with E-state index in [1.165, 1.54) is 22.1 Å². The number of fused-ring (bicyclic) bond motifs is 1. The smallest absolute Gasteiger partial charge is 0.322 e. The van der Waals surface area contributed by atoms with Crippen molar-refractivity contribution in [2.75, 3.05) is 31.2 Å². The van der Waals surface area contributed by atoms with Crippen molar-refractivity contribution in [3.05, 3.63) is 24.3 Å². The third-order valence-corrected chi connectivity index (χ3v) is 6.10. The second-order valence-corrected chi connectivity index (χ2v) is 8.37. The monoisotopic (exact) mass is 354 g/mol. The van der Waals surface area contributed by atoms with Gasteiger partial charge in [-0.05, 0) is 30.6 Å². The zero-order chi connectivity index (χ0) is 16.6. The molecule has 0 aliphatic carbocycles. The van der Waals surface area contributed by atoms with Crippen molar-refractivity contribution in [2.24, 2.45) is 0 Å². The Morgan fingerprint density at radius 3 is 2.78 bits per heavy atom. The summed E-state index contributed by atoms with van der Waals surface area (Å²) in [5, 5.41) is 3.74. The van der Waals surface area contributed by atoms with Crippen LogP contribution in [-0.4, -0.2) is 60.0 Å². The largest absolute Gasteiger partial charge is 0.323 e. The van der Waals surface area contributed by atoms with Gasteiger partial charge in [-0.15, -0.1) is 0 Å². The zero-order valence-corrected chi connectivity index (χ0v) is 14.5. The number of nitrogens with one attached hydrogen (secondary N) is 1. The zero-order valence-electron chi connectivity index (χ0n) is 12.9. The Labute approximate surface area is 139 Å². The Morgan fingerprint density at radius 1 is 1.35 bits per heavy atom. The van der Waals surface area contributed by atoms with Crippen LogP contribution in [0.15, 0.2) is 24.3 Å². The Morgan fingerprint density at radius 2 is 2.09 bits per heavy atom. The SMILES string of the molecule is C[C@H]1CN(C(=O)Nc2nsc3ccccc23)CCN1S(C)(=O)=O. The fourth-order valence-electron chi connectivity index (χ4n) is 2.77. The van der Waals surface area contributed by atoms with Crippen LogP contribution in [0.4, 0.5) is 10.6 Å². The van der Waals surface area contributed by atoms with Crippen LogP contribution in [-0.2, 0) is 10.0 Å². The third-order valence-electron chi connectivity index (χ3n) is 3.88. The van der Waals surface area contributed by atoms with Crippen molar-refractivity contribution >= 4 is 43.5 Å². The molecule has 3 rings (SSSR count). The molecule has 0 bridgehead atoms. The van der Waals surface area contributed by atoms with Crippen molar-refractivity contribution in [1.82, 2.24) is 13.6 Å². The standard InChI is InChI=1S/C14H18N4O3S2/c1-10-9-17(7-8-18(10)23(2,20)21)14(19)15-13-11-5-3-4-6-12(11)22-16-13/h3-6,10H,7-9H2,1-2H3,(H,15,16,19)/t10-/m0/s1. The van der Waals surface area contributed by atoms with E-state index >= 15 is 0 Å². The minimum Gasteiger partial charge on any atom is -0.322 e. The van der Waals surface area contributed by atoms with Gasteiger partial charge < -0.3 is 4.90 Å². The summed E-state index contributed by atoms with van der Waals surface area (Å²) in [6.07, 6.45) is 1.20. The molecule has 1 aliphatic rings. The van der Waals surface area contributed by atoms with E-state index in [2.05, 4.69) is 9.69 Å². The molecule has 1 aromatic heterocycles. The lowest BCUT2D eigenvalue weighted by Gasteiger charge is -2.38. The molecule has 0 unspecified atom stereocenters. The van der Waals surface area contributed by atoms with Crippen LogP contribution < -0.4 is 5.32 Å². The van der Waals surface area contributed by atoms with Gasteiger partial charge in [0.15, 0.2) is 5.82 Å². The number of carbonyl (C=O) groups excluding carboxylic acids is 1. The second-order valence-electron chi connectivity index (χ2n) is 5.63. The number of amides is 2. The molecular weight excluding hydrogens is 336 g/mol. The molecule has 2 aromatic rings. The maximum atomic E-state index is 12.4. The molecule has 9 heteroatoms. The van der Waals surface area contributed by atoms with Gasteiger partial charge >= 0.3 is 6.03 Å². The first kappa shape index (κ1) is 16.2. The number of hydrogen-bond donors (Lipinski definition) is 1. The lowest BCUT2D eigenvalue weighted by Crippen LogP contribution is -2.55. The first-order chi connectivity index (χ1) is 10.9. The average Bonchev–Trinajstić information content (AvgIpc) is 2.89. The summed E-state index contributed by atoms with van der Waals surface area (Å²) in [5.41, 5.74) is 0. The topological polar surface area (TPSA) is 82.6 Å². The van der Waals surface area contributed by atoms with Crippen LogP contribution in [0, 0.1) is 0 Å². The van der Waals surface area contributed by atoms with Crippen LogP contribution in [0.2, 0.25) is 0 Å². The summed E-state index contributed by atoms with van der Waals surface area (Å²) in [6, 6.07) is 7.21. The number of anilines is 1. The molecule has 2 amide bonds. The van der Waals surface area contributed by atoms with E-state index in [0.717, 1.165) is 10.1 Å². The highest BCUT2D eigenvalue weighted by molar-refractivity contribution is 7.88. The van der Waals surface area contributed by atoms with Gasteiger partial charge in [0.05, 0.1) is 11.0 Å². The highest BCUT2D eigenvalue weighted by atomic mass is 32.2. The number of piperazine rings is 1. The van der Waals surface area contributed by atoms with Gasteiger partial charge in [-0.25, -0.2) is 13.2 Å². The molecule has 23 heavy (non-hydrogen) atoms. The predicted molar refractivity (Wildman–Crippen MR) is 91.2 cm³/mol. The van der Waals surface area contributed by atoms with Crippen molar-refractivity contribution in [3.8, 4) is 0 Å². The van der Waals surface area contributed by atoms with Gasteiger partial charge in [0.2, 0.25) is 10.0 Å². The summed E-state index contributed by atoms with van der Waals surface area (Å²) >= 11 is 1.34. The molecule has 124 valence electrons. The third kappa shape index (κ3) is 3.31. The van der Waals surface area contributed by atoms with Crippen molar-refractivity contribution < 1.29 is 13.2 Å². The summed E-state index contributed by atoms with van der Waals surface area (Å²) in [4.78, 5) is 14.0. The van der Waals surface area contributed by atoms with Gasteiger partial charge in [-0.2, -0.15) is 8.68 Å². The lowest BCUT2D eigenvalue weighted by molar-refractivity contribution is 0.157. The fourth-order valence-corrected chi connectivity index (χ4v) is 4.64. The van der Waals surface area contributed by atoms with Crippen LogP contribution in [0.3, 0.4) is 0 Å². The molecular formula is C14H18N4O3S2. The van der Waals surface area contributed by atoms with Crippen molar-refractivity contribution in [2.45, 2.75) is 13.0 Å². The Bertz CT molecular complexity index is 833. The molecule has 1 N–H and O–H groups in total. The quantitative estimate of drug-likeness (QED) is 0.891. The molecule has 1 atom stereocenters. The van der Waals surface area contributed by atoms with Crippen LogP contribution in [0.25, 0.3) is 10.1 Å². The highest BCUT2D eigenvalue weighted by Crippen LogP contribution is 2.26. The van der Waals surface area contributed by atoms with Crippen molar-refractivity contribution in [3.63, 3.8) is 0 Å². The van der Waals surface area contributed by atoms with Gasteiger partial charge in [-0.3, -0.25) is 5.32 Å². The van der Waals surface area contributed by atoms with E-state index < -0.39 is 10.0 Å². The highest BCUT2D eigenvalue weighted by Gasteiger charge is 2.32. The molecule has 2 heterocycles. The van der Waals surface area contributed by atoms with E-state index in [-0.39, 0.29) is 12.1 Å². The van der Waals surface area contributed by atoms with Gasteiger partial charge in [0, 0.05) is 31.1 Å². The maximum Gasteiger partial charge on any atom is 0.323 e. The molecule has 1 saturated heterocycles. The minimum atomic E-state index is -3.24. The number of carbonyl (C=O) groups is 1. The number of urea groups is 1. The van der Waals surface area contributed by atoms with E-state index in [4.69, 9.17) is 0 Å². The Balaban J connectivity index is 1.70. The van der Waals surface area contributed by atoms with Crippen LogP contribution in [0.5, 0.6) is 0 Å². The number of aromatic nitrogens is 1. The van der Waals surface area contributed by atoms with Crippen LogP contribution >= 0.6 is 11.5 Å². The number of nitrogens with zero attached hydrogens (tertiary/aromatic N) is 3. The fraction of sp³-hybridized carbons (Fsp3) is 0.429. The van der Waals surface area contributed by atoms with E-state index in [9.17, 15) is 13.2 Å². The molecule has 7 nitrogen and oxygen atoms in total. The molecule has 1 aromatic carbocycles. The summed E-state index contributed by atoms with van der Waals surface area (Å²) in [6.45, 7) is 2.84. The summed E-state index contributed by atoms with van der Waals surface area (Å²) in [7, 11) is -3.24.